The Bertz CT molecular complexity index is 1210. The van der Waals surface area contributed by atoms with Crippen molar-refractivity contribution in [1.82, 2.24) is 0 Å². The van der Waals surface area contributed by atoms with Gasteiger partial charge < -0.3 is 33.2 Å². The van der Waals surface area contributed by atoms with Crippen LogP contribution in [0.2, 0.25) is 0 Å². The summed E-state index contributed by atoms with van der Waals surface area (Å²) in [5.41, 5.74) is 3.88. The maximum atomic E-state index is 13.0. The molecule has 0 amide bonds. The minimum atomic E-state index is -0.561. The van der Waals surface area contributed by atoms with Crippen molar-refractivity contribution < 1.29 is 38.0 Å². The third-order valence-electron chi connectivity index (χ3n) is 7.22. The molecule has 3 aliphatic rings. The fourth-order valence-electron chi connectivity index (χ4n) is 5.01. The number of allylic oxidation sites excluding steroid dienone is 1. The van der Waals surface area contributed by atoms with Crippen LogP contribution in [0.25, 0.3) is 11.1 Å². The van der Waals surface area contributed by atoms with E-state index in [0.717, 1.165) is 22.3 Å². The number of ether oxygens (including phenoxy) is 7. The van der Waals surface area contributed by atoms with Crippen LogP contribution >= 0.6 is 0 Å². The van der Waals surface area contributed by atoms with Crippen LogP contribution in [0.15, 0.2) is 23.8 Å². The summed E-state index contributed by atoms with van der Waals surface area (Å²) in [5.74, 6) is 3.06. The first kappa shape index (κ1) is 23.2. The van der Waals surface area contributed by atoms with Gasteiger partial charge in [-0.25, -0.2) is 4.79 Å². The minimum Gasteiger partial charge on any atom is -0.492 e. The van der Waals surface area contributed by atoms with Crippen molar-refractivity contribution in [2.75, 3.05) is 27.8 Å². The summed E-state index contributed by atoms with van der Waals surface area (Å²) in [6, 6.07) is 3.90. The maximum absolute atomic E-state index is 13.0. The van der Waals surface area contributed by atoms with Gasteiger partial charge in [-0.05, 0) is 43.9 Å². The molecule has 1 aliphatic carbocycles. The minimum absolute atomic E-state index is 0.0167. The zero-order valence-corrected chi connectivity index (χ0v) is 20.9. The monoisotopic (exact) mass is 482 g/mol. The van der Waals surface area contributed by atoms with E-state index in [4.69, 9.17) is 33.2 Å². The molecular formula is C27H30O8. The van der Waals surface area contributed by atoms with Crippen molar-refractivity contribution in [1.29, 1.82) is 0 Å². The van der Waals surface area contributed by atoms with Crippen LogP contribution in [0.1, 0.15) is 44.9 Å². The molecule has 35 heavy (non-hydrogen) atoms. The van der Waals surface area contributed by atoms with Gasteiger partial charge in [0, 0.05) is 28.2 Å². The second kappa shape index (κ2) is 8.91. The Kier molecular flexibility index (Phi) is 5.91. The Morgan fingerprint density at radius 2 is 1.54 bits per heavy atom. The third-order valence-corrected chi connectivity index (χ3v) is 7.22. The van der Waals surface area contributed by atoms with Crippen molar-refractivity contribution in [2.45, 2.75) is 40.2 Å². The van der Waals surface area contributed by atoms with Crippen LogP contribution in [0, 0.1) is 11.8 Å². The molecule has 3 atom stereocenters. The average molecular weight is 483 g/mol. The van der Waals surface area contributed by atoms with Gasteiger partial charge in [-0.2, -0.15) is 0 Å². The highest BCUT2D eigenvalue weighted by Gasteiger charge is 2.40. The van der Waals surface area contributed by atoms with Gasteiger partial charge in [0.25, 0.3) is 0 Å². The summed E-state index contributed by atoms with van der Waals surface area (Å²) in [6.45, 7) is 8.02. The van der Waals surface area contributed by atoms with Crippen molar-refractivity contribution >= 4 is 5.97 Å². The normalized spacial score (nSPS) is 22.0. The molecule has 8 nitrogen and oxygen atoms in total. The molecular weight excluding hydrogens is 452 g/mol. The van der Waals surface area contributed by atoms with Gasteiger partial charge in [0.05, 0.1) is 14.2 Å². The quantitative estimate of drug-likeness (QED) is 0.434. The summed E-state index contributed by atoms with van der Waals surface area (Å²) in [7, 11) is 3.20. The number of carbonyl (C=O) groups is 1. The molecule has 0 aromatic heterocycles. The van der Waals surface area contributed by atoms with Crippen LogP contribution in [0.4, 0.5) is 0 Å². The number of fused-ring (bicyclic) bond motifs is 5. The molecule has 0 fully saturated rings. The fraction of sp³-hybridized carbons (Fsp3) is 0.444. The van der Waals surface area contributed by atoms with Gasteiger partial charge in [-0.15, -0.1) is 0 Å². The molecule has 0 saturated heterocycles. The summed E-state index contributed by atoms with van der Waals surface area (Å²) >= 11 is 0. The lowest BCUT2D eigenvalue weighted by molar-refractivity contribution is -0.148. The first-order valence-electron chi connectivity index (χ1n) is 11.7. The van der Waals surface area contributed by atoms with Crippen LogP contribution in [0.5, 0.6) is 34.5 Å². The van der Waals surface area contributed by atoms with E-state index in [2.05, 4.69) is 13.8 Å². The summed E-state index contributed by atoms with van der Waals surface area (Å²) < 4.78 is 41.1. The van der Waals surface area contributed by atoms with Gasteiger partial charge >= 0.3 is 5.97 Å². The molecule has 2 aliphatic heterocycles. The van der Waals surface area contributed by atoms with Gasteiger partial charge in [-0.1, -0.05) is 19.9 Å². The van der Waals surface area contributed by atoms with E-state index in [1.807, 2.05) is 19.1 Å². The second-order valence-electron chi connectivity index (χ2n) is 9.12. The molecule has 2 heterocycles. The lowest BCUT2D eigenvalue weighted by atomic mass is 9.76. The smallest absolute Gasteiger partial charge is 0.333 e. The summed E-state index contributed by atoms with van der Waals surface area (Å²) in [6.07, 6.45) is 1.89. The Labute approximate surface area is 204 Å². The molecule has 0 spiro atoms. The molecule has 0 saturated carbocycles. The Hall–Kier alpha value is -3.55. The molecule has 0 radical (unpaired) electrons. The Morgan fingerprint density at radius 1 is 0.943 bits per heavy atom. The number of carbonyl (C=O) groups excluding carboxylic acids is 1. The molecule has 0 unspecified atom stereocenters. The lowest BCUT2D eigenvalue weighted by Crippen LogP contribution is -2.27. The van der Waals surface area contributed by atoms with E-state index in [1.165, 1.54) is 0 Å². The van der Waals surface area contributed by atoms with Crippen molar-refractivity contribution in [3.8, 4) is 45.6 Å². The lowest BCUT2D eigenvalue weighted by Gasteiger charge is -2.35. The average Bonchev–Trinajstić information content (AvgIpc) is 3.53. The molecule has 2 aromatic carbocycles. The van der Waals surface area contributed by atoms with Gasteiger partial charge in [-0.3, -0.25) is 0 Å². The number of methoxy groups -OCH3 is 2. The maximum Gasteiger partial charge on any atom is 0.333 e. The molecule has 0 N–H and O–H groups in total. The topological polar surface area (TPSA) is 81.7 Å². The van der Waals surface area contributed by atoms with E-state index in [1.54, 1.807) is 27.2 Å². The van der Waals surface area contributed by atoms with Crippen LogP contribution in [0.3, 0.4) is 0 Å². The zero-order valence-electron chi connectivity index (χ0n) is 20.9. The van der Waals surface area contributed by atoms with Crippen molar-refractivity contribution in [3.05, 3.63) is 34.9 Å². The van der Waals surface area contributed by atoms with Crippen molar-refractivity contribution in [2.24, 2.45) is 11.8 Å². The van der Waals surface area contributed by atoms with Crippen LogP contribution < -0.4 is 28.4 Å². The van der Waals surface area contributed by atoms with E-state index < -0.39 is 6.10 Å². The standard InChI is InChI=1S/C27H30O8/c1-7-13(2)27(28)35-22-15(4)14(3)8-16-9-18-23(33-11-31-18)25(29-5)20(16)21-17(22)10-19-24(26(21)30-6)34-12-32-19/h7,9-10,14-15,22H,8,11-12H2,1-6H3/b13-7+/t14-,15-,22+/m1/s1. The molecule has 186 valence electrons. The van der Waals surface area contributed by atoms with Gasteiger partial charge in [0.15, 0.2) is 23.0 Å². The first-order chi connectivity index (χ1) is 16.9. The SMILES string of the molecule is C/C=C(\C)C(=O)O[C@@H]1c2cc3c(c(OC)c2-c2c(cc4c(c2OC)OCO4)C[C@@H](C)[C@H]1C)OCO3. The third kappa shape index (κ3) is 3.63. The number of rotatable bonds is 4. The summed E-state index contributed by atoms with van der Waals surface area (Å²) in [4.78, 5) is 13.0. The second-order valence-corrected chi connectivity index (χ2v) is 9.12. The van der Waals surface area contributed by atoms with Crippen LogP contribution in [-0.4, -0.2) is 33.8 Å². The molecule has 5 rings (SSSR count). The highest BCUT2D eigenvalue weighted by Crippen LogP contribution is 2.59. The first-order valence-corrected chi connectivity index (χ1v) is 11.7. The van der Waals surface area contributed by atoms with E-state index in [-0.39, 0.29) is 31.4 Å². The Morgan fingerprint density at radius 3 is 2.14 bits per heavy atom. The van der Waals surface area contributed by atoms with Gasteiger partial charge in [0.2, 0.25) is 25.1 Å². The van der Waals surface area contributed by atoms with E-state index in [0.29, 0.717) is 46.5 Å². The highest BCUT2D eigenvalue weighted by molar-refractivity contribution is 5.90. The van der Waals surface area contributed by atoms with Crippen LogP contribution in [-0.2, 0) is 16.0 Å². The number of esters is 1. The zero-order chi connectivity index (χ0) is 24.9. The van der Waals surface area contributed by atoms with Crippen molar-refractivity contribution in [3.63, 3.8) is 0 Å². The predicted octanol–water partition coefficient (Wildman–Crippen LogP) is 5.21. The van der Waals surface area contributed by atoms with E-state index in [9.17, 15) is 4.79 Å². The van der Waals surface area contributed by atoms with Gasteiger partial charge in [0.1, 0.15) is 6.10 Å². The molecule has 8 heteroatoms. The number of benzene rings is 2. The molecule has 0 bridgehead atoms. The fourth-order valence-corrected chi connectivity index (χ4v) is 5.01. The summed E-state index contributed by atoms with van der Waals surface area (Å²) in [5, 5.41) is 0. The Balaban J connectivity index is 1.85. The highest BCUT2D eigenvalue weighted by atomic mass is 16.7. The number of hydrogen-bond acceptors (Lipinski definition) is 8. The molecule has 2 aromatic rings. The largest absolute Gasteiger partial charge is 0.492 e. The number of hydrogen-bond donors (Lipinski definition) is 0. The van der Waals surface area contributed by atoms with E-state index >= 15 is 0 Å². The predicted molar refractivity (Wildman–Crippen MR) is 128 cm³/mol.